The van der Waals surface area contributed by atoms with Crippen LogP contribution in [0.4, 0.5) is 0 Å². The number of ether oxygens (including phenoxy) is 2. The van der Waals surface area contributed by atoms with E-state index in [0.717, 1.165) is 11.5 Å². The van der Waals surface area contributed by atoms with Crippen molar-refractivity contribution < 1.29 is 9.47 Å². The van der Waals surface area contributed by atoms with Crippen LogP contribution in [-0.4, -0.2) is 14.2 Å². The molecule has 0 saturated heterocycles. The van der Waals surface area contributed by atoms with Gasteiger partial charge in [-0.3, -0.25) is 0 Å². The molecule has 0 amide bonds. The maximum atomic E-state index is 5.09. The predicted octanol–water partition coefficient (Wildman–Crippen LogP) is 3.43. The minimum Gasteiger partial charge on any atom is -0.493 e. The Hall–Kier alpha value is -1.18. The predicted molar refractivity (Wildman–Crippen MR) is 60.2 cm³/mol. The zero-order valence-electron chi connectivity index (χ0n) is 9.76. The van der Waals surface area contributed by atoms with E-state index in [1.807, 2.05) is 25.1 Å². The van der Waals surface area contributed by atoms with Crippen molar-refractivity contribution in [1.82, 2.24) is 0 Å². The van der Waals surface area contributed by atoms with Crippen molar-refractivity contribution in [1.29, 1.82) is 0 Å². The SMILES string of the molecule is CCC.COc1ccc(C)cc1OC. The minimum atomic E-state index is 0.776. The molecule has 1 aromatic carbocycles. The smallest absolute Gasteiger partial charge is 0.160 e. The van der Waals surface area contributed by atoms with Gasteiger partial charge in [0, 0.05) is 0 Å². The highest BCUT2D eigenvalue weighted by atomic mass is 16.5. The van der Waals surface area contributed by atoms with E-state index < -0.39 is 0 Å². The summed E-state index contributed by atoms with van der Waals surface area (Å²) in [5.74, 6) is 1.56. The van der Waals surface area contributed by atoms with Crippen LogP contribution < -0.4 is 9.47 Å². The largest absolute Gasteiger partial charge is 0.493 e. The first-order valence-electron chi connectivity index (χ1n) is 4.88. The Bertz CT molecular complexity index is 256. The molecule has 0 fully saturated rings. The molecule has 0 spiro atoms. The molecule has 0 aromatic heterocycles. The molecule has 80 valence electrons. The number of aryl methyl sites for hydroxylation is 1. The third kappa shape index (κ3) is 4.17. The van der Waals surface area contributed by atoms with Gasteiger partial charge in [0.25, 0.3) is 0 Å². The highest BCUT2D eigenvalue weighted by Gasteiger charge is 2.00. The lowest BCUT2D eigenvalue weighted by molar-refractivity contribution is 0.354. The summed E-state index contributed by atoms with van der Waals surface area (Å²) in [5, 5.41) is 0. The minimum absolute atomic E-state index is 0.776. The Morgan fingerprint density at radius 1 is 1.00 bits per heavy atom. The fourth-order valence-electron chi connectivity index (χ4n) is 0.943. The molecule has 0 N–H and O–H groups in total. The van der Waals surface area contributed by atoms with E-state index in [4.69, 9.17) is 9.47 Å². The van der Waals surface area contributed by atoms with Crippen LogP contribution in [0.25, 0.3) is 0 Å². The number of rotatable bonds is 2. The van der Waals surface area contributed by atoms with E-state index in [1.165, 1.54) is 12.0 Å². The Labute approximate surface area is 86.9 Å². The van der Waals surface area contributed by atoms with Gasteiger partial charge in [-0.25, -0.2) is 0 Å². The third-order valence-corrected chi connectivity index (χ3v) is 1.54. The van der Waals surface area contributed by atoms with Crippen LogP contribution in [0.5, 0.6) is 11.5 Å². The number of hydrogen-bond donors (Lipinski definition) is 0. The van der Waals surface area contributed by atoms with Crippen LogP contribution in [0, 0.1) is 6.92 Å². The molecule has 0 atom stereocenters. The molecule has 0 radical (unpaired) electrons. The Morgan fingerprint density at radius 2 is 1.50 bits per heavy atom. The van der Waals surface area contributed by atoms with Crippen molar-refractivity contribution in [3.63, 3.8) is 0 Å². The molecule has 0 heterocycles. The zero-order chi connectivity index (χ0) is 11.0. The fraction of sp³-hybridized carbons (Fsp3) is 0.500. The van der Waals surface area contributed by atoms with Gasteiger partial charge in [0.2, 0.25) is 0 Å². The van der Waals surface area contributed by atoms with Crippen LogP contribution in [0.3, 0.4) is 0 Å². The molecule has 14 heavy (non-hydrogen) atoms. The van der Waals surface area contributed by atoms with Crippen LogP contribution in [0.1, 0.15) is 25.8 Å². The molecular formula is C12H20O2. The van der Waals surface area contributed by atoms with Crippen LogP contribution >= 0.6 is 0 Å². The first-order valence-corrected chi connectivity index (χ1v) is 4.88. The summed E-state index contributed by atoms with van der Waals surface area (Å²) in [6.07, 6.45) is 1.25. The van der Waals surface area contributed by atoms with Gasteiger partial charge in [-0.15, -0.1) is 0 Å². The number of hydrogen-bond acceptors (Lipinski definition) is 2. The highest BCUT2D eigenvalue weighted by molar-refractivity contribution is 5.42. The van der Waals surface area contributed by atoms with Crippen molar-refractivity contribution in [3.8, 4) is 11.5 Å². The van der Waals surface area contributed by atoms with Gasteiger partial charge >= 0.3 is 0 Å². The van der Waals surface area contributed by atoms with Crippen molar-refractivity contribution in [2.45, 2.75) is 27.2 Å². The summed E-state index contributed by atoms with van der Waals surface area (Å²) >= 11 is 0. The standard InChI is InChI=1S/C9H12O2.C3H8/c1-7-4-5-8(10-2)9(6-7)11-3;1-3-2/h4-6H,1-3H3;3H2,1-2H3. The first kappa shape index (κ1) is 12.8. The van der Waals surface area contributed by atoms with Gasteiger partial charge in [-0.1, -0.05) is 26.3 Å². The summed E-state index contributed by atoms with van der Waals surface area (Å²) in [6.45, 7) is 6.27. The van der Waals surface area contributed by atoms with Gasteiger partial charge in [0.05, 0.1) is 14.2 Å². The summed E-state index contributed by atoms with van der Waals surface area (Å²) < 4.78 is 10.2. The normalized spacial score (nSPS) is 8.64. The molecule has 2 heteroatoms. The van der Waals surface area contributed by atoms with Crippen LogP contribution in [-0.2, 0) is 0 Å². The van der Waals surface area contributed by atoms with E-state index in [1.54, 1.807) is 14.2 Å². The van der Waals surface area contributed by atoms with Crippen molar-refractivity contribution in [2.75, 3.05) is 14.2 Å². The van der Waals surface area contributed by atoms with E-state index in [9.17, 15) is 0 Å². The molecule has 0 saturated carbocycles. The topological polar surface area (TPSA) is 18.5 Å². The van der Waals surface area contributed by atoms with Crippen molar-refractivity contribution in [2.24, 2.45) is 0 Å². The third-order valence-electron chi connectivity index (χ3n) is 1.54. The fourth-order valence-corrected chi connectivity index (χ4v) is 0.943. The second kappa shape index (κ2) is 7.25. The monoisotopic (exact) mass is 196 g/mol. The molecule has 0 aliphatic rings. The van der Waals surface area contributed by atoms with Crippen LogP contribution in [0.15, 0.2) is 18.2 Å². The first-order chi connectivity index (χ1) is 6.69. The second-order valence-electron chi connectivity index (χ2n) is 3.07. The van der Waals surface area contributed by atoms with Gasteiger partial charge in [0.1, 0.15) is 0 Å². The number of benzene rings is 1. The van der Waals surface area contributed by atoms with Gasteiger partial charge in [-0.2, -0.15) is 0 Å². The maximum absolute atomic E-state index is 5.09. The molecule has 0 aliphatic carbocycles. The van der Waals surface area contributed by atoms with E-state index in [0.29, 0.717) is 0 Å². The number of methoxy groups -OCH3 is 2. The van der Waals surface area contributed by atoms with Crippen LogP contribution in [0.2, 0.25) is 0 Å². The van der Waals surface area contributed by atoms with Gasteiger partial charge in [0.15, 0.2) is 11.5 Å². The quantitative estimate of drug-likeness (QED) is 0.721. The van der Waals surface area contributed by atoms with Gasteiger partial charge < -0.3 is 9.47 Å². The molecule has 0 bridgehead atoms. The molecule has 0 unspecified atom stereocenters. The lowest BCUT2D eigenvalue weighted by Gasteiger charge is -2.06. The van der Waals surface area contributed by atoms with E-state index in [-0.39, 0.29) is 0 Å². The molecular weight excluding hydrogens is 176 g/mol. The van der Waals surface area contributed by atoms with Gasteiger partial charge in [-0.05, 0) is 24.6 Å². The second-order valence-corrected chi connectivity index (χ2v) is 3.07. The maximum Gasteiger partial charge on any atom is 0.160 e. The summed E-state index contributed by atoms with van der Waals surface area (Å²) in [7, 11) is 3.27. The van der Waals surface area contributed by atoms with E-state index in [2.05, 4.69) is 13.8 Å². The lowest BCUT2D eigenvalue weighted by atomic mass is 10.2. The average Bonchev–Trinajstić information content (AvgIpc) is 2.19. The lowest BCUT2D eigenvalue weighted by Crippen LogP contribution is -1.90. The highest BCUT2D eigenvalue weighted by Crippen LogP contribution is 2.26. The Morgan fingerprint density at radius 3 is 1.93 bits per heavy atom. The zero-order valence-corrected chi connectivity index (χ0v) is 9.76. The molecule has 2 nitrogen and oxygen atoms in total. The summed E-state index contributed by atoms with van der Waals surface area (Å²) in [4.78, 5) is 0. The average molecular weight is 196 g/mol. The van der Waals surface area contributed by atoms with Crippen molar-refractivity contribution in [3.05, 3.63) is 23.8 Å². The summed E-state index contributed by atoms with van der Waals surface area (Å²) in [6, 6.07) is 5.83. The summed E-state index contributed by atoms with van der Waals surface area (Å²) in [5.41, 5.74) is 1.17. The Balaban J connectivity index is 0.000000500. The van der Waals surface area contributed by atoms with E-state index >= 15 is 0 Å². The molecule has 1 aromatic rings. The Kier molecular flexibility index (Phi) is 6.63. The van der Waals surface area contributed by atoms with Crippen molar-refractivity contribution >= 4 is 0 Å². The molecule has 0 aliphatic heterocycles. The molecule has 1 rings (SSSR count).